The zero-order valence-corrected chi connectivity index (χ0v) is 11.2. The van der Waals surface area contributed by atoms with Gasteiger partial charge in [0.2, 0.25) is 0 Å². The summed E-state index contributed by atoms with van der Waals surface area (Å²) in [5, 5.41) is 0.766. The second-order valence-electron chi connectivity index (χ2n) is 4.60. The van der Waals surface area contributed by atoms with Gasteiger partial charge in [0, 0.05) is 11.4 Å². The lowest BCUT2D eigenvalue weighted by Gasteiger charge is -2.19. The molecule has 17 heavy (non-hydrogen) atoms. The molecule has 3 rings (SSSR count). The molecular formula is C13H15ClN2S. The number of imidazole rings is 1. The summed E-state index contributed by atoms with van der Waals surface area (Å²) in [6.45, 7) is 0. The Balaban J connectivity index is 1.80. The predicted octanol–water partition coefficient (Wildman–Crippen LogP) is 3.90. The van der Waals surface area contributed by atoms with Crippen LogP contribution < -0.4 is 0 Å². The number of rotatable bonds is 2. The van der Waals surface area contributed by atoms with Crippen molar-refractivity contribution in [2.75, 3.05) is 11.5 Å². The van der Waals surface area contributed by atoms with Crippen molar-refractivity contribution in [1.29, 1.82) is 0 Å². The van der Waals surface area contributed by atoms with Crippen molar-refractivity contribution in [3.05, 3.63) is 29.0 Å². The van der Waals surface area contributed by atoms with Crippen molar-refractivity contribution in [3.63, 3.8) is 0 Å². The van der Waals surface area contributed by atoms with Crippen molar-refractivity contribution in [2.24, 2.45) is 5.92 Å². The summed E-state index contributed by atoms with van der Waals surface area (Å²) in [6.07, 6.45) is 3.72. The van der Waals surface area contributed by atoms with Gasteiger partial charge < -0.3 is 4.98 Å². The van der Waals surface area contributed by atoms with E-state index in [1.807, 2.05) is 18.2 Å². The van der Waals surface area contributed by atoms with Gasteiger partial charge in [-0.15, -0.1) is 0 Å². The van der Waals surface area contributed by atoms with E-state index in [0.717, 1.165) is 34.2 Å². The molecule has 0 radical (unpaired) electrons. The fourth-order valence-corrected chi connectivity index (χ4v) is 3.73. The summed E-state index contributed by atoms with van der Waals surface area (Å²) in [5.41, 5.74) is 2.08. The van der Waals surface area contributed by atoms with E-state index in [-0.39, 0.29) is 0 Å². The highest BCUT2D eigenvalue weighted by Crippen LogP contribution is 2.26. The normalized spacial score (nSPS) is 17.7. The van der Waals surface area contributed by atoms with Crippen LogP contribution in [0.25, 0.3) is 11.0 Å². The zero-order chi connectivity index (χ0) is 11.7. The van der Waals surface area contributed by atoms with E-state index in [1.54, 1.807) is 0 Å². The van der Waals surface area contributed by atoms with E-state index in [9.17, 15) is 0 Å². The zero-order valence-electron chi connectivity index (χ0n) is 9.58. The van der Waals surface area contributed by atoms with Crippen LogP contribution in [0.3, 0.4) is 0 Å². The molecular weight excluding hydrogens is 252 g/mol. The van der Waals surface area contributed by atoms with Crippen LogP contribution in [0.4, 0.5) is 0 Å². The minimum absolute atomic E-state index is 0.766. The van der Waals surface area contributed by atoms with Crippen LogP contribution in [-0.2, 0) is 6.42 Å². The van der Waals surface area contributed by atoms with Gasteiger partial charge in [-0.05, 0) is 48.5 Å². The molecule has 0 amide bonds. The molecule has 0 unspecified atom stereocenters. The second kappa shape index (κ2) is 4.91. The minimum atomic E-state index is 0.766. The van der Waals surface area contributed by atoms with Crippen molar-refractivity contribution in [2.45, 2.75) is 19.3 Å². The molecule has 1 saturated heterocycles. The third-order valence-corrected chi connectivity index (χ3v) is 4.60. The topological polar surface area (TPSA) is 28.7 Å². The molecule has 1 aromatic carbocycles. The number of H-pyrrole nitrogens is 1. The molecule has 0 aliphatic carbocycles. The average Bonchev–Trinajstić information content (AvgIpc) is 2.71. The number of nitrogens with one attached hydrogen (secondary N) is 1. The van der Waals surface area contributed by atoms with Crippen molar-refractivity contribution >= 4 is 34.4 Å². The number of fused-ring (bicyclic) bond motifs is 1. The SMILES string of the molecule is Clc1ccc2nc(CC3CCSCC3)[nH]c2c1. The average molecular weight is 267 g/mol. The van der Waals surface area contributed by atoms with Crippen LogP contribution in [0, 0.1) is 5.92 Å². The number of hydrogen-bond donors (Lipinski definition) is 1. The lowest BCUT2D eigenvalue weighted by Crippen LogP contribution is -2.12. The Kier molecular flexibility index (Phi) is 3.30. The quantitative estimate of drug-likeness (QED) is 0.893. The van der Waals surface area contributed by atoms with Crippen LogP contribution in [0.1, 0.15) is 18.7 Å². The molecule has 2 aromatic rings. The first-order chi connectivity index (χ1) is 8.31. The molecule has 2 heterocycles. The van der Waals surface area contributed by atoms with Crippen molar-refractivity contribution < 1.29 is 0 Å². The molecule has 1 aliphatic rings. The van der Waals surface area contributed by atoms with Gasteiger partial charge in [-0.3, -0.25) is 0 Å². The Morgan fingerprint density at radius 3 is 3.00 bits per heavy atom. The van der Waals surface area contributed by atoms with Gasteiger partial charge in [0.1, 0.15) is 5.82 Å². The monoisotopic (exact) mass is 266 g/mol. The second-order valence-corrected chi connectivity index (χ2v) is 6.27. The summed E-state index contributed by atoms with van der Waals surface area (Å²) < 4.78 is 0. The maximum atomic E-state index is 5.97. The molecule has 2 nitrogen and oxygen atoms in total. The van der Waals surface area contributed by atoms with Gasteiger partial charge in [-0.1, -0.05) is 11.6 Å². The van der Waals surface area contributed by atoms with Gasteiger partial charge in [-0.25, -0.2) is 4.98 Å². The number of nitrogens with zero attached hydrogens (tertiary/aromatic N) is 1. The number of halogens is 1. The summed E-state index contributed by atoms with van der Waals surface area (Å²) >= 11 is 8.04. The molecule has 0 spiro atoms. The highest BCUT2D eigenvalue weighted by Gasteiger charge is 2.16. The molecule has 1 aliphatic heterocycles. The Bertz CT molecular complexity index is 517. The Labute approximate surface area is 110 Å². The summed E-state index contributed by atoms with van der Waals surface area (Å²) in [4.78, 5) is 8.01. The highest BCUT2D eigenvalue weighted by molar-refractivity contribution is 7.99. The summed E-state index contributed by atoms with van der Waals surface area (Å²) in [7, 11) is 0. The molecule has 4 heteroatoms. The first-order valence-electron chi connectivity index (χ1n) is 6.03. The Hall–Kier alpha value is -0.670. The number of aromatic amines is 1. The number of benzene rings is 1. The Morgan fingerprint density at radius 1 is 1.35 bits per heavy atom. The maximum Gasteiger partial charge on any atom is 0.107 e. The molecule has 1 N–H and O–H groups in total. The van der Waals surface area contributed by atoms with E-state index >= 15 is 0 Å². The van der Waals surface area contributed by atoms with E-state index in [2.05, 4.69) is 21.7 Å². The molecule has 0 atom stereocenters. The summed E-state index contributed by atoms with van der Waals surface area (Å²) in [6, 6.07) is 5.82. The van der Waals surface area contributed by atoms with E-state index in [0.29, 0.717) is 0 Å². The third kappa shape index (κ3) is 2.61. The number of hydrogen-bond acceptors (Lipinski definition) is 2. The highest BCUT2D eigenvalue weighted by atomic mass is 35.5. The molecule has 1 fully saturated rings. The van der Waals surface area contributed by atoms with Crippen molar-refractivity contribution in [1.82, 2.24) is 9.97 Å². The smallest absolute Gasteiger partial charge is 0.107 e. The fraction of sp³-hybridized carbons (Fsp3) is 0.462. The predicted molar refractivity (Wildman–Crippen MR) is 74.9 cm³/mol. The molecule has 1 aromatic heterocycles. The van der Waals surface area contributed by atoms with Gasteiger partial charge in [0.15, 0.2) is 0 Å². The third-order valence-electron chi connectivity index (χ3n) is 3.32. The van der Waals surface area contributed by atoms with Crippen molar-refractivity contribution in [3.8, 4) is 0 Å². The van der Waals surface area contributed by atoms with Crippen LogP contribution >= 0.6 is 23.4 Å². The number of aromatic nitrogens is 2. The first kappa shape index (κ1) is 11.4. The van der Waals surface area contributed by atoms with Crippen LogP contribution in [0.15, 0.2) is 18.2 Å². The Morgan fingerprint density at radius 2 is 2.18 bits per heavy atom. The molecule has 0 saturated carbocycles. The minimum Gasteiger partial charge on any atom is -0.342 e. The summed E-state index contributed by atoms with van der Waals surface area (Å²) in [5.74, 6) is 4.51. The van der Waals surface area contributed by atoms with Gasteiger partial charge in [-0.2, -0.15) is 11.8 Å². The molecule has 90 valence electrons. The van der Waals surface area contributed by atoms with Gasteiger partial charge in [0.05, 0.1) is 11.0 Å². The van der Waals surface area contributed by atoms with E-state index < -0.39 is 0 Å². The maximum absolute atomic E-state index is 5.97. The van der Waals surface area contributed by atoms with E-state index in [1.165, 1.54) is 24.3 Å². The van der Waals surface area contributed by atoms with E-state index in [4.69, 9.17) is 11.6 Å². The largest absolute Gasteiger partial charge is 0.342 e. The number of thioether (sulfide) groups is 1. The fourth-order valence-electron chi connectivity index (χ4n) is 2.36. The first-order valence-corrected chi connectivity index (χ1v) is 7.56. The lowest BCUT2D eigenvalue weighted by molar-refractivity contribution is 0.478. The molecule has 0 bridgehead atoms. The lowest BCUT2D eigenvalue weighted by atomic mass is 9.99. The van der Waals surface area contributed by atoms with Gasteiger partial charge in [0.25, 0.3) is 0 Å². The standard InChI is InChI=1S/C13H15ClN2S/c14-10-1-2-11-12(8-10)16-13(15-11)7-9-3-5-17-6-4-9/h1-2,8-9H,3-7H2,(H,15,16). The van der Waals surface area contributed by atoms with Crippen LogP contribution in [0.5, 0.6) is 0 Å². The van der Waals surface area contributed by atoms with Gasteiger partial charge >= 0.3 is 0 Å². The van der Waals surface area contributed by atoms with Crippen LogP contribution in [-0.4, -0.2) is 21.5 Å². The van der Waals surface area contributed by atoms with Crippen LogP contribution in [0.2, 0.25) is 5.02 Å².